The van der Waals surface area contributed by atoms with E-state index >= 15 is 0 Å². The Kier molecular flexibility index (Phi) is 15.9. The van der Waals surface area contributed by atoms with Crippen molar-refractivity contribution in [3.05, 3.63) is 382 Å². The molecule has 0 unspecified atom stereocenters. The molecule has 0 aliphatic carbocycles. The molecule has 466 valence electrons. The number of hydrogen-bond donors (Lipinski definition) is 0. The summed E-state index contributed by atoms with van der Waals surface area (Å²) in [4.78, 5) is 25.6. The maximum atomic E-state index is 5.60. The van der Waals surface area contributed by atoms with Crippen molar-refractivity contribution in [1.29, 1.82) is 0 Å². The number of hydrogen-bond acceptors (Lipinski definition) is 6. The highest BCUT2D eigenvalue weighted by Gasteiger charge is 2.22. The lowest BCUT2D eigenvalue weighted by atomic mass is 9.94. The smallest absolute Gasteiger partial charge is 0.0717 e. The van der Waals surface area contributed by atoms with Gasteiger partial charge in [0, 0.05) is 102 Å². The van der Waals surface area contributed by atoms with Crippen molar-refractivity contribution in [3.63, 3.8) is 0 Å². The van der Waals surface area contributed by atoms with Gasteiger partial charge in [0.15, 0.2) is 0 Å². The van der Waals surface area contributed by atoms with E-state index in [2.05, 4.69) is 360 Å². The lowest BCUT2D eigenvalue weighted by Gasteiger charge is -2.26. The van der Waals surface area contributed by atoms with Crippen LogP contribution < -0.4 is 9.80 Å². The van der Waals surface area contributed by atoms with E-state index in [1.165, 1.54) is 0 Å². The summed E-state index contributed by atoms with van der Waals surface area (Å²) in [6.45, 7) is 0. The summed E-state index contributed by atoms with van der Waals surface area (Å²) in [5.74, 6) is 0. The van der Waals surface area contributed by atoms with Crippen LogP contribution in [0.2, 0.25) is 0 Å². The van der Waals surface area contributed by atoms with E-state index in [0.717, 1.165) is 163 Å². The highest BCUT2D eigenvalue weighted by molar-refractivity contribution is 6.11. The van der Waals surface area contributed by atoms with Gasteiger partial charge in [0.05, 0.1) is 45.2 Å². The van der Waals surface area contributed by atoms with Crippen LogP contribution in [-0.2, 0) is 0 Å². The average molecular weight is 1270 g/mol. The molecule has 99 heavy (non-hydrogen) atoms. The maximum Gasteiger partial charge on any atom is 0.0717 e. The van der Waals surface area contributed by atoms with E-state index < -0.39 is 0 Å². The number of rotatable bonds is 16. The van der Waals surface area contributed by atoms with Gasteiger partial charge < -0.3 is 14.4 Å². The van der Waals surface area contributed by atoms with E-state index in [9.17, 15) is 0 Å². The summed E-state index contributed by atoms with van der Waals surface area (Å²) in [7, 11) is 0. The van der Waals surface area contributed by atoms with Gasteiger partial charge in [-0.05, 0) is 155 Å². The van der Waals surface area contributed by atoms with Crippen molar-refractivity contribution >= 4 is 55.9 Å². The first-order valence-electron chi connectivity index (χ1n) is 33.4. The van der Waals surface area contributed by atoms with Gasteiger partial charge in [0.1, 0.15) is 0 Å². The third-order valence-corrected chi connectivity index (χ3v) is 18.4. The van der Waals surface area contributed by atoms with Gasteiger partial charge in [-0.2, -0.15) is 0 Å². The number of pyridine rings is 4. The molecule has 7 heteroatoms. The Labute approximate surface area is 575 Å². The third-order valence-electron chi connectivity index (χ3n) is 18.4. The first-order valence-corrected chi connectivity index (χ1v) is 33.4. The molecule has 0 bridgehead atoms. The van der Waals surface area contributed by atoms with Crippen molar-refractivity contribution in [2.24, 2.45) is 0 Å². The van der Waals surface area contributed by atoms with Gasteiger partial charge in [0.25, 0.3) is 0 Å². The van der Waals surface area contributed by atoms with Crippen molar-refractivity contribution < 1.29 is 0 Å². The Balaban J connectivity index is 0.777. The van der Waals surface area contributed by atoms with E-state index in [0.29, 0.717) is 0 Å². The van der Waals surface area contributed by atoms with Gasteiger partial charge in [-0.1, -0.05) is 243 Å². The predicted octanol–water partition coefficient (Wildman–Crippen LogP) is 24.3. The molecule has 7 nitrogen and oxygen atoms in total. The van der Waals surface area contributed by atoms with Crippen molar-refractivity contribution in [1.82, 2.24) is 24.5 Å². The summed E-state index contributed by atoms with van der Waals surface area (Å²) in [5.41, 5.74) is 27.1. The Bertz CT molecular complexity index is 5200. The van der Waals surface area contributed by atoms with Gasteiger partial charge >= 0.3 is 0 Å². The molecular weight excluding hydrogens is 1200 g/mol. The summed E-state index contributed by atoms with van der Waals surface area (Å²) in [5, 5.41) is 2.32. The largest absolute Gasteiger partial charge is 0.310 e. The molecule has 0 fully saturated rings. The zero-order valence-electron chi connectivity index (χ0n) is 54.0. The predicted molar refractivity (Wildman–Crippen MR) is 410 cm³/mol. The zero-order chi connectivity index (χ0) is 65.9. The van der Waals surface area contributed by atoms with Crippen LogP contribution in [0.1, 0.15) is 0 Å². The molecule has 0 atom stereocenters. The molecule has 5 heterocycles. The Morgan fingerprint density at radius 1 is 0.212 bits per heavy atom. The molecule has 0 aliphatic rings. The molecule has 0 radical (unpaired) electrons. The van der Waals surface area contributed by atoms with Crippen molar-refractivity contribution in [3.8, 4) is 107 Å². The molecule has 0 N–H and O–H groups in total. The van der Waals surface area contributed by atoms with Gasteiger partial charge in [-0.15, -0.1) is 0 Å². The summed E-state index contributed by atoms with van der Waals surface area (Å²) >= 11 is 0. The molecule has 0 saturated heterocycles. The van der Waals surface area contributed by atoms with Crippen LogP contribution in [-0.4, -0.2) is 24.5 Å². The number of para-hydroxylation sites is 4. The molecule has 5 aromatic heterocycles. The molecular formula is C92H63N7. The van der Waals surface area contributed by atoms with Crippen LogP contribution in [0.25, 0.3) is 128 Å². The highest BCUT2D eigenvalue weighted by Crippen LogP contribution is 2.45. The molecule has 0 spiro atoms. The quantitative estimate of drug-likeness (QED) is 0.0961. The minimum Gasteiger partial charge on any atom is -0.310 e. The minimum absolute atomic E-state index is 0.826. The fourth-order valence-electron chi connectivity index (χ4n) is 13.6. The normalized spacial score (nSPS) is 11.2. The number of anilines is 6. The third kappa shape index (κ3) is 12.0. The molecule has 17 aromatic rings. The Morgan fingerprint density at radius 2 is 0.515 bits per heavy atom. The minimum atomic E-state index is 0.826. The summed E-state index contributed by atoms with van der Waals surface area (Å²) < 4.78 is 2.43. The number of aromatic nitrogens is 5. The fraction of sp³-hybridized carbons (Fsp3) is 0. The average Bonchev–Trinajstić information content (AvgIpc) is 1.65. The second-order valence-electron chi connectivity index (χ2n) is 24.6. The van der Waals surface area contributed by atoms with E-state index in [-0.39, 0.29) is 0 Å². The van der Waals surface area contributed by atoms with Crippen molar-refractivity contribution in [2.75, 3.05) is 9.80 Å². The second kappa shape index (κ2) is 26.4. The van der Waals surface area contributed by atoms with Crippen LogP contribution in [0.15, 0.2) is 382 Å². The second-order valence-corrected chi connectivity index (χ2v) is 24.6. The first kappa shape index (κ1) is 59.4. The topological polar surface area (TPSA) is 63.0 Å². The van der Waals surface area contributed by atoms with E-state index in [4.69, 9.17) is 19.9 Å². The van der Waals surface area contributed by atoms with Crippen LogP contribution in [0.4, 0.5) is 34.1 Å². The van der Waals surface area contributed by atoms with Crippen LogP contribution in [0.3, 0.4) is 0 Å². The van der Waals surface area contributed by atoms with Crippen LogP contribution in [0, 0.1) is 0 Å². The first-order chi connectivity index (χ1) is 49.1. The van der Waals surface area contributed by atoms with Gasteiger partial charge in [-0.25, -0.2) is 15.0 Å². The molecule has 0 amide bonds. The van der Waals surface area contributed by atoms with Crippen LogP contribution in [0.5, 0.6) is 0 Å². The number of nitrogens with zero attached hydrogens (tertiary/aromatic N) is 7. The standard InChI is InChI=1S/C92H63N7/c1-9-25-67(26-10-1)85-57-72(58-86(94-85)68-27-11-2-12-28-68)89-55-71(56-90(96-89)73-59-87(69-29-13-3-14-30-69)95-88(60-73)70-31-15-4-16-32-70)64-41-43-65(44-42-64)81-53-54-93-63-84(81)66-45-47-78(48-46-66)99-91-61-79(97(74-33-17-5-18-34-74)75-35-19-6-20-36-75)49-51-82(91)83-52-50-80(62-92(83)99)98(76-37-21-7-22-38-76)77-39-23-8-24-40-77/h1-63H. The highest BCUT2D eigenvalue weighted by atomic mass is 15.2. The monoisotopic (exact) mass is 1270 g/mol. The molecule has 12 aromatic carbocycles. The maximum absolute atomic E-state index is 5.60. The van der Waals surface area contributed by atoms with Gasteiger partial charge in [-0.3, -0.25) is 4.98 Å². The summed E-state index contributed by atoms with van der Waals surface area (Å²) in [6, 6.07) is 131. The number of benzene rings is 12. The fourth-order valence-corrected chi connectivity index (χ4v) is 13.6. The lowest BCUT2D eigenvalue weighted by molar-refractivity contribution is 1.17. The number of fused-ring (bicyclic) bond motifs is 3. The Hall–Kier alpha value is -13.4. The van der Waals surface area contributed by atoms with Gasteiger partial charge in [0.2, 0.25) is 0 Å². The molecule has 0 saturated carbocycles. The lowest BCUT2D eigenvalue weighted by Crippen LogP contribution is -2.10. The SMILES string of the molecule is c1ccc(-c2cc(-c3cc(-c4ccc(-c5ccncc5-c5ccc(-n6c7cc(N(c8ccccc8)c8ccccc8)ccc7c7ccc(N(c8ccccc8)c8ccccc8)cc76)cc5)cc4)cc(-c4cc(-c5ccccc5)nc(-c5ccccc5)c4)n3)cc(-c3ccccc3)n2)cc1. The molecule has 17 rings (SSSR count). The van der Waals surface area contributed by atoms with Crippen LogP contribution >= 0.6 is 0 Å². The summed E-state index contributed by atoms with van der Waals surface area (Å²) in [6.07, 6.45) is 3.88. The molecule has 0 aliphatic heterocycles. The van der Waals surface area contributed by atoms with E-state index in [1.807, 2.05) is 36.7 Å². The van der Waals surface area contributed by atoms with Crippen molar-refractivity contribution in [2.45, 2.75) is 0 Å². The zero-order valence-corrected chi connectivity index (χ0v) is 54.0. The Morgan fingerprint density at radius 3 is 0.879 bits per heavy atom. The van der Waals surface area contributed by atoms with E-state index in [1.54, 1.807) is 0 Å².